The van der Waals surface area contributed by atoms with E-state index >= 15 is 0 Å². The molecule has 0 aromatic rings. The molecule has 4 nitrogen and oxygen atoms in total. The molecule has 6 aliphatic heterocycles. The van der Waals surface area contributed by atoms with Gasteiger partial charge in [0.05, 0.1) is 0 Å². The van der Waals surface area contributed by atoms with Crippen molar-refractivity contribution in [2.24, 2.45) is 17.3 Å². The fraction of sp³-hybridized carbons (Fsp3) is 1.00. The van der Waals surface area contributed by atoms with Crippen LogP contribution in [0.25, 0.3) is 0 Å². The van der Waals surface area contributed by atoms with E-state index in [1.807, 2.05) is 0 Å². The van der Waals surface area contributed by atoms with Crippen molar-refractivity contribution in [3.05, 3.63) is 0 Å². The molecule has 0 amide bonds. The maximum atomic E-state index is 4.34. The molecule has 0 aromatic carbocycles. The van der Waals surface area contributed by atoms with E-state index in [0.717, 1.165) is 58.6 Å². The minimum atomic E-state index is 0.433. The van der Waals surface area contributed by atoms with Gasteiger partial charge in [0.15, 0.2) is 6.71 Å². The standard InChI is InChI=1S/C27H47BN4S/c1-2-6-18(7-3-1)28-21-8-4-12-31-25(21)27(26-22(28)9-5-13-32-26)19-16-29-14-10-23(19)33-24-11-15-30-17-20(24)27/h18-26,29-32H,1-17H2. The van der Waals surface area contributed by atoms with Gasteiger partial charge in [-0.2, -0.15) is 11.8 Å². The highest BCUT2D eigenvalue weighted by Crippen LogP contribution is 2.67. The smallest absolute Gasteiger partial charge is 0.153 e. The Morgan fingerprint density at radius 1 is 0.606 bits per heavy atom. The Labute approximate surface area is 206 Å². The lowest BCUT2D eigenvalue weighted by Gasteiger charge is -2.71. The largest absolute Gasteiger partial charge is 0.316 e. The molecule has 7 rings (SSSR count). The van der Waals surface area contributed by atoms with Gasteiger partial charge in [0.25, 0.3) is 0 Å². The Bertz CT molecular complexity index is 654. The summed E-state index contributed by atoms with van der Waals surface area (Å²) < 4.78 is 0. The van der Waals surface area contributed by atoms with Gasteiger partial charge in [-0.15, -0.1) is 0 Å². The van der Waals surface area contributed by atoms with Gasteiger partial charge in [0, 0.05) is 28.0 Å². The van der Waals surface area contributed by atoms with Crippen molar-refractivity contribution in [1.82, 2.24) is 21.3 Å². The Morgan fingerprint density at radius 2 is 1.18 bits per heavy atom. The topological polar surface area (TPSA) is 48.1 Å². The summed E-state index contributed by atoms with van der Waals surface area (Å²) in [4.78, 5) is 0. The Kier molecular flexibility index (Phi) is 6.32. The van der Waals surface area contributed by atoms with Gasteiger partial charge in [-0.1, -0.05) is 50.8 Å². The summed E-state index contributed by atoms with van der Waals surface area (Å²) in [6.07, 6.45) is 16.2. The maximum absolute atomic E-state index is 4.34. The second-order valence-corrected chi connectivity index (χ2v) is 14.3. The van der Waals surface area contributed by atoms with Crippen molar-refractivity contribution in [3.63, 3.8) is 0 Å². The van der Waals surface area contributed by atoms with Crippen LogP contribution in [0.4, 0.5) is 0 Å². The lowest BCUT2D eigenvalue weighted by atomic mass is 9.17. The van der Waals surface area contributed by atoms with E-state index in [-0.39, 0.29) is 0 Å². The van der Waals surface area contributed by atoms with Crippen LogP contribution in [0.15, 0.2) is 0 Å². The molecule has 7 aliphatic rings. The van der Waals surface area contributed by atoms with Crippen molar-refractivity contribution in [3.8, 4) is 0 Å². The third-order valence-electron chi connectivity index (χ3n) is 11.7. The highest BCUT2D eigenvalue weighted by atomic mass is 32.2. The van der Waals surface area contributed by atoms with Crippen LogP contribution >= 0.6 is 11.8 Å². The normalized spacial score (nSPS) is 50.7. The zero-order valence-electron chi connectivity index (χ0n) is 20.7. The summed E-state index contributed by atoms with van der Waals surface area (Å²) >= 11 is 2.44. The Balaban J connectivity index is 1.36. The van der Waals surface area contributed by atoms with Gasteiger partial charge in [-0.05, 0) is 88.4 Å². The van der Waals surface area contributed by atoms with Crippen LogP contribution in [0.3, 0.4) is 0 Å². The SMILES string of the molecule is C1CCC(B2C3CCCNC3C3(C4CNCCC4SC4CCNCC43)C3NCCCC23)CC1. The van der Waals surface area contributed by atoms with Crippen molar-refractivity contribution in [1.29, 1.82) is 0 Å². The number of piperidine rings is 4. The van der Waals surface area contributed by atoms with Crippen LogP contribution in [-0.4, -0.2) is 68.6 Å². The summed E-state index contributed by atoms with van der Waals surface area (Å²) in [7, 11) is 0. The molecule has 184 valence electrons. The molecule has 6 heterocycles. The third kappa shape index (κ3) is 3.47. The molecule has 8 atom stereocenters. The fourth-order valence-electron chi connectivity index (χ4n) is 10.9. The number of hydrogen-bond donors (Lipinski definition) is 4. The summed E-state index contributed by atoms with van der Waals surface area (Å²) in [5.41, 5.74) is 0.433. The van der Waals surface area contributed by atoms with E-state index < -0.39 is 0 Å². The molecule has 4 N–H and O–H groups in total. The molecule has 1 aliphatic carbocycles. The van der Waals surface area contributed by atoms with E-state index in [4.69, 9.17) is 0 Å². The van der Waals surface area contributed by atoms with E-state index in [2.05, 4.69) is 33.0 Å². The lowest BCUT2D eigenvalue weighted by Crippen LogP contribution is -2.79. The number of rotatable bonds is 1. The number of thioether (sulfide) groups is 1. The third-order valence-corrected chi connectivity index (χ3v) is 13.6. The van der Waals surface area contributed by atoms with Gasteiger partial charge < -0.3 is 21.3 Å². The molecular weight excluding hydrogens is 423 g/mol. The van der Waals surface area contributed by atoms with Crippen LogP contribution < -0.4 is 21.3 Å². The van der Waals surface area contributed by atoms with E-state index in [9.17, 15) is 0 Å². The predicted molar refractivity (Wildman–Crippen MR) is 142 cm³/mol. The van der Waals surface area contributed by atoms with E-state index in [1.165, 1.54) is 110 Å². The molecule has 6 heteroatoms. The van der Waals surface area contributed by atoms with Crippen LogP contribution in [0.1, 0.15) is 70.6 Å². The predicted octanol–water partition coefficient (Wildman–Crippen LogP) is 3.76. The fourth-order valence-corrected chi connectivity index (χ4v) is 12.9. The molecule has 8 unspecified atom stereocenters. The average molecular weight is 471 g/mol. The zero-order chi connectivity index (χ0) is 21.8. The summed E-state index contributed by atoms with van der Waals surface area (Å²) in [6.45, 7) is 8.53. The van der Waals surface area contributed by atoms with Crippen molar-refractivity contribution < 1.29 is 0 Å². The number of fused-ring (bicyclic) bond motifs is 8. The average Bonchev–Trinajstić information content (AvgIpc) is 2.89. The highest BCUT2D eigenvalue weighted by molar-refractivity contribution is 8.00. The quantitative estimate of drug-likeness (QED) is 0.440. The van der Waals surface area contributed by atoms with Gasteiger partial charge in [0.1, 0.15) is 0 Å². The van der Waals surface area contributed by atoms with Crippen molar-refractivity contribution >= 4 is 18.5 Å². The molecule has 0 bridgehead atoms. The molecule has 1 saturated carbocycles. The molecule has 1 spiro atoms. The van der Waals surface area contributed by atoms with Crippen LogP contribution in [0.5, 0.6) is 0 Å². The Hall–Kier alpha value is 0.255. The van der Waals surface area contributed by atoms with Gasteiger partial charge in [0.2, 0.25) is 0 Å². The van der Waals surface area contributed by atoms with Crippen molar-refractivity contribution in [2.45, 2.75) is 111 Å². The van der Waals surface area contributed by atoms with Gasteiger partial charge in [-0.3, -0.25) is 0 Å². The van der Waals surface area contributed by atoms with E-state index in [1.54, 1.807) is 0 Å². The van der Waals surface area contributed by atoms with Crippen LogP contribution in [-0.2, 0) is 0 Å². The van der Waals surface area contributed by atoms with Gasteiger partial charge in [-0.25, -0.2) is 0 Å². The first-order valence-corrected chi connectivity index (χ1v) is 15.9. The first-order valence-electron chi connectivity index (χ1n) is 14.9. The zero-order valence-corrected chi connectivity index (χ0v) is 21.5. The minimum absolute atomic E-state index is 0.433. The number of nitrogens with one attached hydrogen (secondary N) is 4. The molecule has 6 saturated heterocycles. The maximum Gasteiger partial charge on any atom is 0.153 e. The van der Waals surface area contributed by atoms with Crippen LogP contribution in [0, 0.1) is 17.3 Å². The molecular formula is C27H47BN4S. The molecule has 33 heavy (non-hydrogen) atoms. The highest BCUT2D eigenvalue weighted by Gasteiger charge is 2.70. The first-order chi connectivity index (χ1) is 16.4. The molecule has 0 aromatic heterocycles. The van der Waals surface area contributed by atoms with Crippen LogP contribution in [0.2, 0.25) is 17.5 Å². The molecule has 7 fully saturated rings. The van der Waals surface area contributed by atoms with E-state index in [0.29, 0.717) is 5.41 Å². The summed E-state index contributed by atoms with van der Waals surface area (Å²) in [5, 5.41) is 18.3. The summed E-state index contributed by atoms with van der Waals surface area (Å²) in [6, 6.07) is 1.48. The summed E-state index contributed by atoms with van der Waals surface area (Å²) in [5.74, 6) is 4.53. The Morgan fingerprint density at radius 3 is 1.76 bits per heavy atom. The second kappa shape index (κ2) is 9.28. The van der Waals surface area contributed by atoms with Crippen molar-refractivity contribution in [2.75, 3.05) is 39.3 Å². The molecule has 0 radical (unpaired) electrons. The lowest BCUT2D eigenvalue weighted by molar-refractivity contribution is -0.0632. The first kappa shape index (κ1) is 22.5. The second-order valence-electron chi connectivity index (χ2n) is 12.9. The monoisotopic (exact) mass is 470 g/mol. The minimum Gasteiger partial charge on any atom is -0.316 e. The number of hydrogen-bond acceptors (Lipinski definition) is 5. The van der Waals surface area contributed by atoms with Gasteiger partial charge >= 0.3 is 0 Å².